The van der Waals surface area contributed by atoms with Crippen molar-refractivity contribution in [2.24, 2.45) is 5.92 Å². The van der Waals surface area contributed by atoms with Gasteiger partial charge in [0.2, 0.25) is 0 Å². The summed E-state index contributed by atoms with van der Waals surface area (Å²) in [6.45, 7) is 4.03. The second-order valence-electron chi connectivity index (χ2n) is 3.58. The molecule has 76 valence electrons. The summed E-state index contributed by atoms with van der Waals surface area (Å²) in [5, 5.41) is 0.768. The van der Waals surface area contributed by atoms with E-state index in [1.807, 2.05) is 25.1 Å². The maximum atomic E-state index is 10.5. The molecule has 0 saturated heterocycles. The molecule has 1 atom stereocenters. The monoisotopic (exact) mass is 210 g/mol. The highest BCUT2D eigenvalue weighted by Crippen LogP contribution is 2.19. The van der Waals surface area contributed by atoms with Crippen LogP contribution in [0, 0.1) is 5.92 Å². The third-order valence-electron chi connectivity index (χ3n) is 2.32. The fourth-order valence-electron chi connectivity index (χ4n) is 1.52. The molecule has 0 aromatic heterocycles. The smallest absolute Gasteiger partial charge is 0.123 e. The van der Waals surface area contributed by atoms with Crippen molar-refractivity contribution < 1.29 is 4.79 Å². The lowest BCUT2D eigenvalue weighted by atomic mass is 9.96. The average Bonchev–Trinajstić information content (AvgIpc) is 2.20. The van der Waals surface area contributed by atoms with Crippen molar-refractivity contribution in [2.45, 2.75) is 26.7 Å². The topological polar surface area (TPSA) is 17.1 Å². The minimum Gasteiger partial charge on any atom is -0.303 e. The highest BCUT2D eigenvalue weighted by Gasteiger charge is 2.06. The molecule has 0 bridgehead atoms. The normalized spacial score (nSPS) is 12.5. The van der Waals surface area contributed by atoms with E-state index in [1.165, 1.54) is 11.1 Å². The number of aldehydes is 1. The fourth-order valence-corrected chi connectivity index (χ4v) is 1.71. The van der Waals surface area contributed by atoms with Gasteiger partial charge in [0.1, 0.15) is 6.29 Å². The molecule has 0 aliphatic rings. The molecule has 0 spiro atoms. The first-order valence-corrected chi connectivity index (χ1v) is 5.27. The highest BCUT2D eigenvalue weighted by atomic mass is 35.5. The first kappa shape index (κ1) is 11.3. The Morgan fingerprint density at radius 1 is 1.43 bits per heavy atom. The molecule has 2 heteroatoms. The third kappa shape index (κ3) is 2.85. The van der Waals surface area contributed by atoms with Crippen molar-refractivity contribution in [1.82, 2.24) is 0 Å². The molecule has 0 heterocycles. The van der Waals surface area contributed by atoms with Gasteiger partial charge >= 0.3 is 0 Å². The van der Waals surface area contributed by atoms with Gasteiger partial charge in [0, 0.05) is 10.9 Å². The van der Waals surface area contributed by atoms with Crippen molar-refractivity contribution in [2.75, 3.05) is 0 Å². The van der Waals surface area contributed by atoms with Crippen LogP contribution in [-0.4, -0.2) is 6.29 Å². The number of rotatable bonds is 4. The first-order chi connectivity index (χ1) is 6.67. The van der Waals surface area contributed by atoms with E-state index in [4.69, 9.17) is 11.6 Å². The lowest BCUT2D eigenvalue weighted by Crippen LogP contribution is -2.03. The molecule has 0 aliphatic carbocycles. The van der Waals surface area contributed by atoms with Crippen LogP contribution in [0.4, 0.5) is 0 Å². The summed E-state index contributed by atoms with van der Waals surface area (Å²) in [6.07, 6.45) is 2.76. The zero-order valence-electron chi connectivity index (χ0n) is 8.59. The highest BCUT2D eigenvalue weighted by molar-refractivity contribution is 6.30. The molecule has 1 rings (SSSR count). The van der Waals surface area contributed by atoms with E-state index in [0.717, 1.165) is 24.2 Å². The standard InChI is InChI=1S/C12H15ClO/c1-3-10-7-12(13)5-4-11(10)6-9(2)8-14/h4-5,7-9H,3,6H2,1-2H3. The molecule has 0 aliphatic heterocycles. The van der Waals surface area contributed by atoms with Crippen molar-refractivity contribution in [1.29, 1.82) is 0 Å². The average molecular weight is 211 g/mol. The van der Waals surface area contributed by atoms with Crippen LogP contribution in [0.25, 0.3) is 0 Å². The van der Waals surface area contributed by atoms with Crippen LogP contribution in [0.1, 0.15) is 25.0 Å². The number of hydrogen-bond donors (Lipinski definition) is 0. The van der Waals surface area contributed by atoms with Crippen LogP contribution >= 0.6 is 11.6 Å². The van der Waals surface area contributed by atoms with Crippen LogP contribution in [0.2, 0.25) is 5.02 Å². The summed E-state index contributed by atoms with van der Waals surface area (Å²) in [7, 11) is 0. The minimum atomic E-state index is 0.0847. The second-order valence-corrected chi connectivity index (χ2v) is 4.02. The maximum Gasteiger partial charge on any atom is 0.123 e. The summed E-state index contributed by atoms with van der Waals surface area (Å²) in [6, 6.07) is 5.88. The van der Waals surface area contributed by atoms with Crippen molar-refractivity contribution in [3.8, 4) is 0 Å². The van der Waals surface area contributed by atoms with Crippen LogP contribution in [0.3, 0.4) is 0 Å². The zero-order chi connectivity index (χ0) is 10.6. The number of carbonyl (C=O) groups excluding carboxylic acids is 1. The SMILES string of the molecule is CCc1cc(Cl)ccc1CC(C)C=O. The predicted octanol–water partition coefficient (Wildman–Crippen LogP) is 3.28. The number of carbonyl (C=O) groups is 1. The maximum absolute atomic E-state index is 10.5. The molecule has 0 radical (unpaired) electrons. The van der Waals surface area contributed by atoms with Crippen LogP contribution < -0.4 is 0 Å². The van der Waals surface area contributed by atoms with E-state index in [1.54, 1.807) is 0 Å². The number of hydrogen-bond acceptors (Lipinski definition) is 1. The van der Waals surface area contributed by atoms with E-state index in [0.29, 0.717) is 0 Å². The summed E-state index contributed by atoms with van der Waals surface area (Å²) < 4.78 is 0. The van der Waals surface area contributed by atoms with Crippen molar-refractivity contribution in [3.05, 3.63) is 34.3 Å². The first-order valence-electron chi connectivity index (χ1n) is 4.90. The Bertz CT molecular complexity index is 320. The van der Waals surface area contributed by atoms with Gasteiger partial charge in [-0.2, -0.15) is 0 Å². The van der Waals surface area contributed by atoms with Crippen LogP contribution in [-0.2, 0) is 17.6 Å². The Balaban J connectivity index is 2.90. The molecule has 0 N–H and O–H groups in total. The number of aryl methyl sites for hydroxylation is 1. The lowest BCUT2D eigenvalue weighted by molar-refractivity contribution is -0.110. The van der Waals surface area contributed by atoms with Crippen LogP contribution in [0.15, 0.2) is 18.2 Å². The molecule has 1 aromatic carbocycles. The number of halogens is 1. The van der Waals surface area contributed by atoms with Gasteiger partial charge in [-0.1, -0.05) is 31.5 Å². The van der Waals surface area contributed by atoms with Gasteiger partial charge < -0.3 is 4.79 Å². The Labute approximate surface area is 90.1 Å². The summed E-state index contributed by atoms with van der Waals surface area (Å²) in [5.74, 6) is 0.0847. The molecule has 1 nitrogen and oxygen atoms in total. The van der Waals surface area contributed by atoms with Gasteiger partial charge in [-0.15, -0.1) is 0 Å². The second kappa shape index (κ2) is 5.16. The van der Waals surface area contributed by atoms with E-state index in [-0.39, 0.29) is 5.92 Å². The fraction of sp³-hybridized carbons (Fsp3) is 0.417. The van der Waals surface area contributed by atoms with Gasteiger partial charge in [0.05, 0.1) is 0 Å². The Kier molecular flexibility index (Phi) is 4.15. The van der Waals surface area contributed by atoms with Gasteiger partial charge in [-0.25, -0.2) is 0 Å². The van der Waals surface area contributed by atoms with Gasteiger partial charge in [0.25, 0.3) is 0 Å². The quantitative estimate of drug-likeness (QED) is 0.698. The molecular weight excluding hydrogens is 196 g/mol. The van der Waals surface area contributed by atoms with Gasteiger partial charge in [-0.05, 0) is 36.1 Å². The Morgan fingerprint density at radius 3 is 2.71 bits per heavy atom. The van der Waals surface area contributed by atoms with E-state index in [9.17, 15) is 4.79 Å². The Hall–Kier alpha value is -0.820. The Morgan fingerprint density at radius 2 is 2.14 bits per heavy atom. The van der Waals surface area contributed by atoms with Gasteiger partial charge in [-0.3, -0.25) is 0 Å². The van der Waals surface area contributed by atoms with Crippen molar-refractivity contribution in [3.63, 3.8) is 0 Å². The third-order valence-corrected chi connectivity index (χ3v) is 2.56. The molecule has 0 saturated carbocycles. The molecule has 1 aromatic rings. The molecular formula is C12H15ClO. The summed E-state index contributed by atoms with van der Waals surface area (Å²) in [5.41, 5.74) is 2.47. The molecule has 0 amide bonds. The van der Waals surface area contributed by atoms with Gasteiger partial charge in [0.15, 0.2) is 0 Å². The lowest BCUT2D eigenvalue weighted by Gasteiger charge is -2.09. The minimum absolute atomic E-state index is 0.0847. The summed E-state index contributed by atoms with van der Waals surface area (Å²) >= 11 is 5.90. The zero-order valence-corrected chi connectivity index (χ0v) is 9.34. The van der Waals surface area contributed by atoms with Crippen molar-refractivity contribution >= 4 is 17.9 Å². The van der Waals surface area contributed by atoms with E-state index in [2.05, 4.69) is 6.92 Å². The molecule has 0 fully saturated rings. The summed E-state index contributed by atoms with van der Waals surface area (Å²) in [4.78, 5) is 10.5. The molecule has 1 unspecified atom stereocenters. The van der Waals surface area contributed by atoms with Crippen LogP contribution in [0.5, 0.6) is 0 Å². The molecule has 14 heavy (non-hydrogen) atoms. The number of benzene rings is 1. The van der Waals surface area contributed by atoms with E-state index >= 15 is 0 Å². The largest absolute Gasteiger partial charge is 0.303 e. The predicted molar refractivity (Wildman–Crippen MR) is 59.8 cm³/mol. The van der Waals surface area contributed by atoms with E-state index < -0.39 is 0 Å².